The van der Waals surface area contributed by atoms with Crippen LogP contribution in [0.25, 0.3) is 0 Å². The number of hydrogen-bond acceptors (Lipinski definition) is 2. The van der Waals surface area contributed by atoms with Gasteiger partial charge in [-0.2, -0.15) is 0 Å². The molecule has 1 rings (SSSR count). The largest absolute Gasteiger partial charge is 0.397 e. The molecule has 5 heteroatoms. The molecule has 0 radical (unpaired) electrons. The second kappa shape index (κ2) is 4.31. The van der Waals surface area contributed by atoms with E-state index in [1.165, 1.54) is 6.07 Å². The van der Waals surface area contributed by atoms with Crippen LogP contribution in [-0.4, -0.2) is 11.7 Å². The summed E-state index contributed by atoms with van der Waals surface area (Å²) in [5, 5.41) is 0.350. The lowest BCUT2D eigenvalue weighted by Gasteiger charge is -2.03. The fourth-order valence-corrected chi connectivity index (χ4v) is 1.77. The minimum Gasteiger partial charge on any atom is -0.397 e. The number of halogens is 3. The first-order chi connectivity index (χ1) is 6.06. The van der Waals surface area contributed by atoms with Crippen LogP contribution in [0, 0.1) is 0 Å². The van der Waals surface area contributed by atoms with Crippen molar-refractivity contribution in [2.45, 2.75) is 0 Å². The number of alkyl halides is 1. The molecule has 0 saturated heterocycles. The molecular weight excluding hydrogens is 277 g/mol. The highest BCUT2D eigenvalue weighted by molar-refractivity contribution is 9.10. The van der Waals surface area contributed by atoms with E-state index >= 15 is 0 Å². The van der Waals surface area contributed by atoms with Gasteiger partial charge >= 0.3 is 0 Å². The van der Waals surface area contributed by atoms with Crippen LogP contribution in [0.2, 0.25) is 5.02 Å². The molecule has 2 N–H and O–H groups in total. The molecule has 0 aromatic heterocycles. The molecule has 0 saturated carbocycles. The van der Waals surface area contributed by atoms with E-state index in [-0.39, 0.29) is 11.7 Å². The van der Waals surface area contributed by atoms with Gasteiger partial charge in [-0.25, -0.2) is 0 Å². The van der Waals surface area contributed by atoms with Crippen molar-refractivity contribution >= 4 is 50.6 Å². The molecule has 0 fully saturated rings. The van der Waals surface area contributed by atoms with Crippen LogP contribution >= 0.6 is 39.1 Å². The summed E-state index contributed by atoms with van der Waals surface area (Å²) in [6, 6.07) is 3.11. The third-order valence-electron chi connectivity index (χ3n) is 1.52. The lowest BCUT2D eigenvalue weighted by atomic mass is 10.1. The van der Waals surface area contributed by atoms with Crippen molar-refractivity contribution in [3.8, 4) is 0 Å². The topological polar surface area (TPSA) is 43.1 Å². The van der Waals surface area contributed by atoms with Gasteiger partial charge < -0.3 is 5.73 Å². The van der Waals surface area contributed by atoms with Gasteiger partial charge in [-0.1, -0.05) is 11.6 Å². The maximum Gasteiger partial charge on any atom is 0.177 e. The van der Waals surface area contributed by atoms with Gasteiger partial charge in [0.25, 0.3) is 0 Å². The van der Waals surface area contributed by atoms with E-state index in [0.29, 0.717) is 20.7 Å². The van der Waals surface area contributed by atoms with E-state index in [0.717, 1.165) is 0 Å². The van der Waals surface area contributed by atoms with Crippen molar-refractivity contribution in [3.63, 3.8) is 0 Å². The molecule has 0 spiro atoms. The summed E-state index contributed by atoms with van der Waals surface area (Å²) in [5.41, 5.74) is 6.45. The monoisotopic (exact) mass is 281 g/mol. The number of nitrogens with two attached hydrogens (primary N) is 1. The van der Waals surface area contributed by atoms with Gasteiger partial charge in [0, 0.05) is 10.0 Å². The summed E-state index contributed by atoms with van der Waals surface area (Å²) in [4.78, 5) is 11.2. The van der Waals surface area contributed by atoms with Crippen LogP contribution < -0.4 is 5.73 Å². The molecule has 0 aliphatic heterocycles. The Morgan fingerprint density at radius 2 is 2.15 bits per heavy atom. The highest BCUT2D eigenvalue weighted by Gasteiger charge is 2.09. The molecule has 0 aliphatic rings. The van der Waals surface area contributed by atoms with Crippen molar-refractivity contribution in [3.05, 3.63) is 27.2 Å². The Morgan fingerprint density at radius 1 is 1.54 bits per heavy atom. The van der Waals surface area contributed by atoms with Crippen LogP contribution in [0.5, 0.6) is 0 Å². The summed E-state index contributed by atoms with van der Waals surface area (Å²) < 4.78 is 0.605. The van der Waals surface area contributed by atoms with Crippen molar-refractivity contribution in [1.82, 2.24) is 0 Å². The minimum absolute atomic E-state index is 0.0628. The van der Waals surface area contributed by atoms with Crippen LogP contribution in [0.4, 0.5) is 5.69 Å². The van der Waals surface area contributed by atoms with E-state index in [2.05, 4.69) is 15.9 Å². The Balaban J connectivity index is 3.20. The highest BCUT2D eigenvalue weighted by Crippen LogP contribution is 2.29. The third kappa shape index (κ3) is 2.36. The lowest BCUT2D eigenvalue weighted by molar-refractivity contribution is 0.102. The molecule has 70 valence electrons. The maximum atomic E-state index is 11.2. The van der Waals surface area contributed by atoms with Crippen molar-refractivity contribution in [2.24, 2.45) is 0 Å². The van der Waals surface area contributed by atoms with Gasteiger partial charge in [0.2, 0.25) is 0 Å². The number of carbonyl (C=O) groups excluding carboxylic acids is 1. The minimum atomic E-state index is -0.177. The van der Waals surface area contributed by atoms with E-state index in [9.17, 15) is 4.79 Å². The molecule has 1 aromatic rings. The predicted molar refractivity (Wildman–Crippen MR) is 58.6 cm³/mol. The van der Waals surface area contributed by atoms with Gasteiger partial charge in [-0.3, -0.25) is 4.79 Å². The average molecular weight is 283 g/mol. The normalized spacial score (nSPS) is 10.1. The Hall–Kier alpha value is -0.250. The highest BCUT2D eigenvalue weighted by atomic mass is 79.9. The summed E-state index contributed by atoms with van der Waals surface area (Å²) in [5.74, 6) is -0.239. The smallest absolute Gasteiger partial charge is 0.177 e. The van der Waals surface area contributed by atoms with Crippen molar-refractivity contribution < 1.29 is 4.79 Å². The summed E-state index contributed by atoms with van der Waals surface area (Å²) in [7, 11) is 0. The quantitative estimate of drug-likeness (QED) is 0.515. The molecule has 0 amide bonds. The van der Waals surface area contributed by atoms with Crippen LogP contribution in [0.1, 0.15) is 10.4 Å². The van der Waals surface area contributed by atoms with E-state index in [4.69, 9.17) is 28.9 Å². The predicted octanol–water partition coefficient (Wildman–Crippen LogP) is 3.11. The fourth-order valence-electron chi connectivity index (χ4n) is 0.822. The molecule has 0 bridgehead atoms. The average Bonchev–Trinajstić information content (AvgIpc) is 2.12. The molecule has 13 heavy (non-hydrogen) atoms. The van der Waals surface area contributed by atoms with Crippen LogP contribution in [-0.2, 0) is 0 Å². The number of Topliss-reactive ketones (excluding diaryl/α,β-unsaturated/α-hetero) is 1. The molecule has 0 heterocycles. The molecule has 0 unspecified atom stereocenters. The Bertz CT molecular complexity index is 331. The van der Waals surface area contributed by atoms with Gasteiger partial charge in [0.1, 0.15) is 0 Å². The van der Waals surface area contributed by atoms with E-state index in [1.54, 1.807) is 6.07 Å². The van der Waals surface area contributed by atoms with Gasteiger partial charge in [-0.15, -0.1) is 11.6 Å². The van der Waals surface area contributed by atoms with Crippen molar-refractivity contribution in [2.75, 3.05) is 11.6 Å². The van der Waals surface area contributed by atoms with E-state index < -0.39 is 0 Å². The zero-order valence-electron chi connectivity index (χ0n) is 6.48. The molecule has 0 atom stereocenters. The molecular formula is C8H6BrCl2NO. The molecule has 1 aromatic carbocycles. The number of anilines is 1. The van der Waals surface area contributed by atoms with Crippen LogP contribution in [0.3, 0.4) is 0 Å². The Labute approximate surface area is 94.1 Å². The fraction of sp³-hybridized carbons (Fsp3) is 0.125. The Kier molecular flexibility index (Phi) is 3.59. The maximum absolute atomic E-state index is 11.2. The van der Waals surface area contributed by atoms with E-state index in [1.807, 2.05) is 0 Å². The van der Waals surface area contributed by atoms with Crippen LogP contribution in [0.15, 0.2) is 16.6 Å². The summed E-state index contributed by atoms with van der Waals surface area (Å²) in [6.07, 6.45) is 0. The van der Waals surface area contributed by atoms with Gasteiger partial charge in [-0.05, 0) is 28.1 Å². The number of nitrogen functional groups attached to an aromatic ring is 1. The first-order valence-corrected chi connectivity index (χ1v) is 5.10. The second-order valence-electron chi connectivity index (χ2n) is 2.41. The standard InChI is InChI=1S/C8H6BrCl2NO/c9-5-1-4(7(13)3-10)2-6(11)8(5)12/h1-2H,3,12H2. The molecule has 0 aliphatic carbocycles. The van der Waals surface area contributed by atoms with Gasteiger partial charge in [0.05, 0.1) is 16.6 Å². The first-order valence-electron chi connectivity index (χ1n) is 3.40. The summed E-state index contributed by atoms with van der Waals surface area (Å²) in [6.45, 7) is 0. The number of ketones is 1. The van der Waals surface area contributed by atoms with Gasteiger partial charge in [0.15, 0.2) is 5.78 Å². The zero-order valence-corrected chi connectivity index (χ0v) is 9.58. The Morgan fingerprint density at radius 3 is 2.62 bits per heavy atom. The third-order valence-corrected chi connectivity index (χ3v) is 2.73. The SMILES string of the molecule is Nc1c(Cl)cc(C(=O)CCl)cc1Br. The molecule has 2 nitrogen and oxygen atoms in total. The number of hydrogen-bond donors (Lipinski definition) is 1. The first kappa shape index (κ1) is 10.8. The number of benzene rings is 1. The lowest BCUT2D eigenvalue weighted by Crippen LogP contribution is -2.01. The second-order valence-corrected chi connectivity index (χ2v) is 3.94. The zero-order chi connectivity index (χ0) is 10.0. The van der Waals surface area contributed by atoms with Crippen molar-refractivity contribution in [1.29, 1.82) is 0 Å². The summed E-state index contributed by atoms with van der Waals surface area (Å²) >= 11 is 14.4. The number of rotatable bonds is 2. The number of carbonyl (C=O) groups is 1.